The Hall–Kier alpha value is -3.00. The summed E-state index contributed by atoms with van der Waals surface area (Å²) in [5.41, 5.74) is 0.865. The number of nitrogens with one attached hydrogen (secondary N) is 1. The second-order valence-corrected chi connectivity index (χ2v) is 7.64. The van der Waals surface area contributed by atoms with Crippen LogP contribution in [0.25, 0.3) is 0 Å². The Balaban J connectivity index is 1.54. The lowest BCUT2D eigenvalue weighted by atomic mass is 9.98. The van der Waals surface area contributed by atoms with Crippen LogP contribution in [-0.2, 0) is 24.4 Å². The van der Waals surface area contributed by atoms with Crippen LogP contribution in [0.5, 0.6) is 0 Å². The van der Waals surface area contributed by atoms with Crippen molar-refractivity contribution in [3.63, 3.8) is 0 Å². The van der Waals surface area contributed by atoms with E-state index < -0.39 is 11.7 Å². The molecule has 0 radical (unpaired) electrons. The van der Waals surface area contributed by atoms with Crippen LogP contribution in [0.4, 0.5) is 8.78 Å². The molecule has 1 aliphatic heterocycles. The van der Waals surface area contributed by atoms with Crippen LogP contribution in [0.15, 0.2) is 47.3 Å². The van der Waals surface area contributed by atoms with Crippen LogP contribution in [0.1, 0.15) is 35.7 Å². The number of hydrogen-bond acceptors (Lipinski definition) is 3. The molecule has 1 atom stereocenters. The van der Waals surface area contributed by atoms with Crippen molar-refractivity contribution in [2.75, 3.05) is 0 Å². The molecule has 1 unspecified atom stereocenters. The van der Waals surface area contributed by atoms with Gasteiger partial charge in [0.1, 0.15) is 17.5 Å². The summed E-state index contributed by atoms with van der Waals surface area (Å²) in [5.74, 6) is -1.29. The van der Waals surface area contributed by atoms with E-state index in [1.165, 1.54) is 39.6 Å². The molecule has 156 valence electrons. The number of fused-ring (bicyclic) bond motifs is 1. The Morgan fingerprint density at radius 2 is 2.00 bits per heavy atom. The molecule has 1 N–H and O–H groups in total. The van der Waals surface area contributed by atoms with Gasteiger partial charge in [-0.3, -0.25) is 9.36 Å². The van der Waals surface area contributed by atoms with Crippen LogP contribution in [-0.4, -0.2) is 20.3 Å². The van der Waals surface area contributed by atoms with E-state index in [-0.39, 0.29) is 35.5 Å². The maximum atomic E-state index is 13.3. The highest BCUT2D eigenvalue weighted by Gasteiger charge is 2.31. The molecule has 1 aromatic heterocycles. The lowest BCUT2D eigenvalue weighted by Gasteiger charge is -2.21. The molecule has 9 heteroatoms. The van der Waals surface area contributed by atoms with Gasteiger partial charge in [0.2, 0.25) is 5.91 Å². The Morgan fingerprint density at radius 1 is 1.20 bits per heavy atom. The normalized spacial score (nSPS) is 15.6. The number of carbonyl (C=O) groups is 1. The number of rotatable bonds is 5. The maximum Gasteiger partial charge on any atom is 0.346 e. The van der Waals surface area contributed by atoms with Gasteiger partial charge in [0.05, 0.1) is 12.5 Å². The first-order valence-corrected chi connectivity index (χ1v) is 9.94. The van der Waals surface area contributed by atoms with Crippen molar-refractivity contribution >= 4 is 17.5 Å². The van der Waals surface area contributed by atoms with Gasteiger partial charge in [-0.25, -0.2) is 18.3 Å². The summed E-state index contributed by atoms with van der Waals surface area (Å²) in [6.45, 7) is 0.734. The van der Waals surface area contributed by atoms with Crippen molar-refractivity contribution < 1.29 is 13.6 Å². The number of aromatic nitrogens is 3. The van der Waals surface area contributed by atoms with Gasteiger partial charge >= 0.3 is 5.69 Å². The first kappa shape index (κ1) is 20.3. The highest BCUT2D eigenvalue weighted by Crippen LogP contribution is 2.25. The number of carbonyl (C=O) groups excluding carboxylic acids is 1. The first-order chi connectivity index (χ1) is 14.4. The molecule has 0 aliphatic carbocycles. The SMILES string of the molecule is O=C(NCc1cccc(F)c1)C1CCCn2c1nn(Cc1ccc(F)cc1Cl)c2=O. The van der Waals surface area contributed by atoms with E-state index in [1.54, 1.807) is 12.1 Å². The Morgan fingerprint density at radius 3 is 2.77 bits per heavy atom. The molecule has 30 heavy (non-hydrogen) atoms. The highest BCUT2D eigenvalue weighted by molar-refractivity contribution is 6.31. The zero-order valence-electron chi connectivity index (χ0n) is 15.9. The van der Waals surface area contributed by atoms with Crippen molar-refractivity contribution in [3.8, 4) is 0 Å². The number of nitrogens with zero attached hydrogens (tertiary/aromatic N) is 3. The van der Waals surface area contributed by atoms with Crippen molar-refractivity contribution in [1.82, 2.24) is 19.7 Å². The van der Waals surface area contributed by atoms with E-state index in [4.69, 9.17) is 11.6 Å². The number of amides is 1. The van der Waals surface area contributed by atoms with Crippen molar-refractivity contribution in [2.45, 2.75) is 38.4 Å². The maximum absolute atomic E-state index is 13.3. The summed E-state index contributed by atoms with van der Waals surface area (Å²) in [7, 11) is 0. The largest absolute Gasteiger partial charge is 0.351 e. The zero-order chi connectivity index (χ0) is 21.3. The molecule has 0 spiro atoms. The molecule has 6 nitrogen and oxygen atoms in total. The van der Waals surface area contributed by atoms with Gasteiger partial charge in [0.15, 0.2) is 0 Å². The van der Waals surface area contributed by atoms with E-state index in [0.29, 0.717) is 36.3 Å². The van der Waals surface area contributed by atoms with Crippen LogP contribution in [0.2, 0.25) is 5.02 Å². The highest BCUT2D eigenvalue weighted by atomic mass is 35.5. The number of benzene rings is 2. The van der Waals surface area contributed by atoms with Gasteiger partial charge in [0, 0.05) is 18.1 Å². The molecule has 0 saturated carbocycles. The lowest BCUT2D eigenvalue weighted by molar-refractivity contribution is -0.123. The molecule has 0 saturated heterocycles. The predicted molar refractivity (Wildman–Crippen MR) is 107 cm³/mol. The Labute approximate surface area is 176 Å². The predicted octanol–water partition coefficient (Wildman–Crippen LogP) is 3.22. The Kier molecular flexibility index (Phi) is 5.67. The molecular formula is C21H19ClF2N4O2. The lowest BCUT2D eigenvalue weighted by Crippen LogP contribution is -2.35. The summed E-state index contributed by atoms with van der Waals surface area (Å²) in [5, 5.41) is 7.38. The molecule has 0 bridgehead atoms. The second-order valence-electron chi connectivity index (χ2n) is 7.23. The van der Waals surface area contributed by atoms with Crippen LogP contribution >= 0.6 is 11.6 Å². The van der Waals surface area contributed by atoms with E-state index in [1.807, 2.05) is 0 Å². The summed E-state index contributed by atoms with van der Waals surface area (Å²) in [6.07, 6.45) is 1.22. The molecule has 1 aliphatic rings. The van der Waals surface area contributed by atoms with Crippen LogP contribution < -0.4 is 11.0 Å². The van der Waals surface area contributed by atoms with Crippen LogP contribution in [0, 0.1) is 11.6 Å². The van der Waals surface area contributed by atoms with Crippen molar-refractivity contribution in [3.05, 3.63) is 86.6 Å². The fourth-order valence-corrected chi connectivity index (χ4v) is 3.86. The fraction of sp³-hybridized carbons (Fsp3) is 0.286. The van der Waals surface area contributed by atoms with E-state index in [9.17, 15) is 18.4 Å². The summed E-state index contributed by atoms with van der Waals surface area (Å²) in [4.78, 5) is 25.5. The third kappa shape index (κ3) is 4.14. The quantitative estimate of drug-likeness (QED) is 0.673. The zero-order valence-corrected chi connectivity index (χ0v) is 16.7. The fourth-order valence-electron chi connectivity index (χ4n) is 3.63. The monoisotopic (exact) mass is 432 g/mol. The van der Waals surface area contributed by atoms with Crippen molar-refractivity contribution in [1.29, 1.82) is 0 Å². The molecule has 0 fully saturated rings. The van der Waals surface area contributed by atoms with Gasteiger partial charge in [0.25, 0.3) is 0 Å². The van der Waals surface area contributed by atoms with Gasteiger partial charge < -0.3 is 5.32 Å². The summed E-state index contributed by atoms with van der Waals surface area (Å²) in [6, 6.07) is 9.96. The minimum Gasteiger partial charge on any atom is -0.351 e. The number of halogens is 3. The van der Waals surface area contributed by atoms with E-state index >= 15 is 0 Å². The van der Waals surface area contributed by atoms with E-state index in [0.717, 1.165) is 0 Å². The molecule has 2 heterocycles. The molecule has 1 amide bonds. The van der Waals surface area contributed by atoms with E-state index in [2.05, 4.69) is 10.4 Å². The number of hydrogen-bond donors (Lipinski definition) is 1. The molecular weight excluding hydrogens is 414 g/mol. The molecule has 4 rings (SSSR count). The average molecular weight is 433 g/mol. The first-order valence-electron chi connectivity index (χ1n) is 9.56. The van der Waals surface area contributed by atoms with Gasteiger partial charge in [-0.2, -0.15) is 5.10 Å². The third-order valence-electron chi connectivity index (χ3n) is 5.15. The van der Waals surface area contributed by atoms with Crippen LogP contribution in [0.3, 0.4) is 0 Å². The minimum atomic E-state index is -0.579. The summed E-state index contributed by atoms with van der Waals surface area (Å²) >= 11 is 6.07. The smallest absolute Gasteiger partial charge is 0.346 e. The Bertz CT molecular complexity index is 1160. The molecule has 2 aromatic carbocycles. The molecule has 3 aromatic rings. The third-order valence-corrected chi connectivity index (χ3v) is 5.50. The van der Waals surface area contributed by atoms with Gasteiger partial charge in [-0.15, -0.1) is 0 Å². The second kappa shape index (κ2) is 8.39. The topological polar surface area (TPSA) is 68.9 Å². The standard InChI is InChI=1S/C21H19ClF2N4O2/c22-18-10-16(24)7-6-14(18)12-28-21(30)27-8-2-5-17(19(27)26-28)20(29)25-11-13-3-1-4-15(23)9-13/h1,3-4,6-7,9-10,17H,2,5,8,11-12H2,(H,25,29). The van der Waals surface area contributed by atoms with Gasteiger partial charge in [-0.05, 0) is 48.2 Å². The van der Waals surface area contributed by atoms with Gasteiger partial charge in [-0.1, -0.05) is 29.8 Å². The summed E-state index contributed by atoms with van der Waals surface area (Å²) < 4.78 is 29.3. The van der Waals surface area contributed by atoms with Crippen molar-refractivity contribution in [2.24, 2.45) is 0 Å². The average Bonchev–Trinajstić information content (AvgIpc) is 3.04. The minimum absolute atomic E-state index is 0.0789.